The number of amides is 3. The Bertz CT molecular complexity index is 1370. The van der Waals surface area contributed by atoms with Crippen molar-refractivity contribution in [2.75, 3.05) is 0 Å². The summed E-state index contributed by atoms with van der Waals surface area (Å²) in [5.41, 5.74) is 8.26. The van der Waals surface area contributed by atoms with Gasteiger partial charge in [0, 0.05) is 19.3 Å². The molecule has 0 bridgehead atoms. The third-order valence-electron chi connectivity index (χ3n) is 6.73. The van der Waals surface area contributed by atoms with Crippen molar-refractivity contribution in [1.82, 2.24) is 16.0 Å². The number of carboxylic acids is 2. The molecular weight excluding hydrogens is 552 g/mol. The van der Waals surface area contributed by atoms with Gasteiger partial charge < -0.3 is 31.9 Å². The number of hydrogen-bond donors (Lipinski definition) is 6. The van der Waals surface area contributed by atoms with Crippen LogP contribution in [0.3, 0.4) is 0 Å². The first-order valence-electron chi connectivity index (χ1n) is 13.9. The summed E-state index contributed by atoms with van der Waals surface area (Å²) in [6.45, 7) is 0. The molecule has 0 fully saturated rings. The van der Waals surface area contributed by atoms with Crippen molar-refractivity contribution in [2.24, 2.45) is 5.73 Å². The molecule has 3 rings (SSSR count). The molecular formula is C32H36N4O7. The number of rotatable bonds is 16. The maximum Gasteiger partial charge on any atom is 0.326 e. The van der Waals surface area contributed by atoms with E-state index in [-0.39, 0.29) is 25.7 Å². The Morgan fingerprint density at radius 1 is 0.558 bits per heavy atom. The molecule has 3 amide bonds. The molecule has 43 heavy (non-hydrogen) atoms. The zero-order valence-electron chi connectivity index (χ0n) is 23.5. The molecule has 4 unspecified atom stereocenters. The number of carbonyl (C=O) groups is 5. The van der Waals surface area contributed by atoms with Gasteiger partial charge in [-0.25, -0.2) is 4.79 Å². The van der Waals surface area contributed by atoms with Crippen LogP contribution in [0.4, 0.5) is 0 Å². The lowest BCUT2D eigenvalue weighted by molar-refractivity contribution is -0.142. The molecule has 0 aliphatic carbocycles. The van der Waals surface area contributed by atoms with Crippen LogP contribution in [0.25, 0.3) is 0 Å². The molecule has 0 heterocycles. The minimum atomic E-state index is -1.31. The van der Waals surface area contributed by atoms with Gasteiger partial charge in [0.1, 0.15) is 18.1 Å². The van der Waals surface area contributed by atoms with Crippen molar-refractivity contribution in [3.8, 4) is 0 Å². The highest BCUT2D eigenvalue weighted by Crippen LogP contribution is 2.09. The second-order valence-corrected chi connectivity index (χ2v) is 10.1. The van der Waals surface area contributed by atoms with Crippen molar-refractivity contribution >= 4 is 29.7 Å². The highest BCUT2D eigenvalue weighted by molar-refractivity contribution is 5.94. The maximum atomic E-state index is 13.4. The number of nitrogens with two attached hydrogens (primary N) is 1. The first-order chi connectivity index (χ1) is 20.6. The van der Waals surface area contributed by atoms with E-state index in [1.165, 1.54) is 0 Å². The van der Waals surface area contributed by atoms with Crippen LogP contribution in [0.1, 0.15) is 29.5 Å². The zero-order valence-corrected chi connectivity index (χ0v) is 23.5. The van der Waals surface area contributed by atoms with Crippen molar-refractivity contribution in [3.05, 3.63) is 108 Å². The van der Waals surface area contributed by atoms with E-state index in [4.69, 9.17) is 5.73 Å². The first kappa shape index (κ1) is 32.5. The Morgan fingerprint density at radius 3 is 1.42 bits per heavy atom. The van der Waals surface area contributed by atoms with Gasteiger partial charge in [-0.15, -0.1) is 0 Å². The van der Waals surface area contributed by atoms with Gasteiger partial charge in [-0.05, 0) is 29.5 Å². The summed E-state index contributed by atoms with van der Waals surface area (Å²) >= 11 is 0. The number of carboxylic acid groups (broad SMARTS) is 2. The van der Waals surface area contributed by atoms with Crippen LogP contribution in [0.2, 0.25) is 0 Å². The van der Waals surface area contributed by atoms with E-state index >= 15 is 0 Å². The van der Waals surface area contributed by atoms with Crippen molar-refractivity contribution in [3.63, 3.8) is 0 Å². The predicted molar refractivity (Wildman–Crippen MR) is 159 cm³/mol. The molecule has 0 aliphatic rings. The van der Waals surface area contributed by atoms with Crippen LogP contribution in [0.15, 0.2) is 91.0 Å². The maximum absolute atomic E-state index is 13.4. The molecule has 3 aromatic carbocycles. The summed E-state index contributed by atoms with van der Waals surface area (Å²) in [5.74, 6) is -4.63. The Balaban J connectivity index is 1.77. The van der Waals surface area contributed by atoms with E-state index in [2.05, 4.69) is 16.0 Å². The Labute approximate surface area is 249 Å². The first-order valence-corrected chi connectivity index (χ1v) is 13.9. The predicted octanol–water partition coefficient (Wildman–Crippen LogP) is 1.45. The lowest BCUT2D eigenvalue weighted by Crippen LogP contribution is -2.58. The second kappa shape index (κ2) is 16.4. The zero-order chi connectivity index (χ0) is 31.2. The third kappa shape index (κ3) is 11.0. The van der Waals surface area contributed by atoms with Gasteiger partial charge in [-0.2, -0.15) is 0 Å². The lowest BCUT2D eigenvalue weighted by Gasteiger charge is -2.25. The fraction of sp³-hybridized carbons (Fsp3) is 0.281. The van der Waals surface area contributed by atoms with E-state index in [1.807, 2.05) is 6.07 Å². The molecule has 0 spiro atoms. The summed E-state index contributed by atoms with van der Waals surface area (Å²) < 4.78 is 0. The van der Waals surface area contributed by atoms with E-state index in [1.54, 1.807) is 84.9 Å². The largest absolute Gasteiger partial charge is 0.481 e. The summed E-state index contributed by atoms with van der Waals surface area (Å²) in [6.07, 6.45) is -0.457. The quantitative estimate of drug-likeness (QED) is 0.145. The third-order valence-corrected chi connectivity index (χ3v) is 6.73. The van der Waals surface area contributed by atoms with Crippen molar-refractivity contribution in [1.29, 1.82) is 0 Å². The Morgan fingerprint density at radius 2 is 0.953 bits per heavy atom. The highest BCUT2D eigenvalue weighted by Gasteiger charge is 2.31. The average Bonchev–Trinajstić information content (AvgIpc) is 2.99. The van der Waals surface area contributed by atoms with Crippen molar-refractivity contribution in [2.45, 2.75) is 56.3 Å². The van der Waals surface area contributed by atoms with E-state index in [9.17, 15) is 34.2 Å². The van der Waals surface area contributed by atoms with Gasteiger partial charge in [-0.3, -0.25) is 19.2 Å². The van der Waals surface area contributed by atoms with Crippen LogP contribution < -0.4 is 21.7 Å². The van der Waals surface area contributed by atoms with Gasteiger partial charge in [0.25, 0.3) is 0 Å². The van der Waals surface area contributed by atoms with Gasteiger partial charge in [0.05, 0.1) is 6.04 Å². The fourth-order valence-corrected chi connectivity index (χ4v) is 4.43. The van der Waals surface area contributed by atoms with Crippen LogP contribution >= 0.6 is 0 Å². The van der Waals surface area contributed by atoms with Crippen LogP contribution in [-0.2, 0) is 43.2 Å². The SMILES string of the molecule is NC(Cc1ccccc1)C(=O)NC(CCC(=O)O)C(=O)NC(Cc1ccccc1)C(=O)NC(Cc1ccccc1)C(=O)O. The highest BCUT2D eigenvalue weighted by atomic mass is 16.4. The molecule has 3 aromatic rings. The minimum absolute atomic E-state index is 0.0171. The van der Waals surface area contributed by atoms with Gasteiger partial charge in [-0.1, -0.05) is 91.0 Å². The molecule has 0 saturated heterocycles. The number of aliphatic carboxylic acids is 2. The molecule has 0 radical (unpaired) electrons. The van der Waals surface area contributed by atoms with Crippen LogP contribution in [-0.4, -0.2) is 64.0 Å². The van der Waals surface area contributed by atoms with E-state index in [0.717, 1.165) is 5.56 Å². The standard InChI is InChI=1S/C32H36N4O7/c33-24(18-21-10-4-1-5-11-21)29(39)34-25(16-17-28(37)38)30(40)35-26(19-22-12-6-2-7-13-22)31(41)36-27(32(42)43)20-23-14-8-3-9-15-23/h1-15,24-27H,16-20,33H2,(H,34,39)(H,35,40)(H,36,41)(H,37,38)(H,42,43). The number of carbonyl (C=O) groups excluding carboxylic acids is 3. The van der Waals surface area contributed by atoms with Crippen LogP contribution in [0.5, 0.6) is 0 Å². The summed E-state index contributed by atoms with van der Waals surface area (Å²) in [4.78, 5) is 63.1. The number of hydrogen-bond acceptors (Lipinski definition) is 6. The topological polar surface area (TPSA) is 188 Å². The minimum Gasteiger partial charge on any atom is -0.481 e. The molecule has 0 aromatic heterocycles. The summed E-state index contributed by atoms with van der Waals surface area (Å²) in [5, 5.41) is 26.7. The molecule has 226 valence electrons. The van der Waals surface area contributed by atoms with E-state index in [0.29, 0.717) is 11.1 Å². The monoisotopic (exact) mass is 588 g/mol. The molecule has 11 heteroatoms. The smallest absolute Gasteiger partial charge is 0.326 e. The molecule has 4 atom stereocenters. The molecule has 0 aliphatic heterocycles. The average molecular weight is 589 g/mol. The Hall–Kier alpha value is -5.03. The normalized spacial score (nSPS) is 13.5. The van der Waals surface area contributed by atoms with Crippen molar-refractivity contribution < 1.29 is 34.2 Å². The summed E-state index contributed by atoms with van der Waals surface area (Å²) in [7, 11) is 0. The van der Waals surface area contributed by atoms with Crippen LogP contribution in [0, 0.1) is 0 Å². The van der Waals surface area contributed by atoms with E-state index < -0.39 is 60.2 Å². The van der Waals surface area contributed by atoms with Gasteiger partial charge in [0.15, 0.2) is 0 Å². The molecule has 11 nitrogen and oxygen atoms in total. The number of nitrogens with one attached hydrogen (secondary N) is 3. The second-order valence-electron chi connectivity index (χ2n) is 10.1. The molecule has 7 N–H and O–H groups in total. The van der Waals surface area contributed by atoms with Gasteiger partial charge >= 0.3 is 11.9 Å². The van der Waals surface area contributed by atoms with Gasteiger partial charge in [0.2, 0.25) is 17.7 Å². The Kier molecular flexibility index (Phi) is 12.4. The lowest BCUT2D eigenvalue weighted by atomic mass is 10.0. The number of benzene rings is 3. The summed E-state index contributed by atoms with van der Waals surface area (Å²) in [6, 6.07) is 21.8. The fourth-order valence-electron chi connectivity index (χ4n) is 4.43. The molecule has 0 saturated carbocycles.